The average molecular weight is 258 g/mol. The molecule has 0 saturated carbocycles. The molecular weight excluding hydrogens is 232 g/mol. The summed E-state index contributed by atoms with van der Waals surface area (Å²) in [5.74, 6) is 0.0318. The summed E-state index contributed by atoms with van der Waals surface area (Å²) in [4.78, 5) is 12.1. The van der Waals surface area contributed by atoms with Gasteiger partial charge in [0.2, 0.25) is 5.91 Å². The maximum Gasteiger partial charge on any atom is 0.237 e. The highest BCUT2D eigenvalue weighted by Crippen LogP contribution is 2.29. The Hall–Kier alpha value is -0.650. The van der Waals surface area contributed by atoms with E-state index in [1.807, 2.05) is 0 Å². The molecule has 0 radical (unpaired) electrons. The first-order chi connectivity index (χ1) is 8.47. The van der Waals surface area contributed by atoms with E-state index in [-0.39, 0.29) is 17.4 Å². The molecular formula is C13H26N2O3. The third-order valence-corrected chi connectivity index (χ3v) is 3.53. The smallest absolute Gasteiger partial charge is 0.237 e. The average Bonchev–Trinajstić information content (AvgIpc) is 2.28. The lowest BCUT2D eigenvalue weighted by molar-refractivity contribution is -0.126. The van der Waals surface area contributed by atoms with Crippen molar-refractivity contribution in [2.24, 2.45) is 5.41 Å². The minimum absolute atomic E-state index is 0.00647. The summed E-state index contributed by atoms with van der Waals surface area (Å²) >= 11 is 0. The fraction of sp³-hybridized carbons (Fsp3) is 0.923. The van der Waals surface area contributed by atoms with Crippen LogP contribution in [0.1, 0.15) is 33.1 Å². The number of methoxy groups -OCH3 is 1. The molecule has 5 heteroatoms. The molecule has 106 valence electrons. The molecule has 0 spiro atoms. The zero-order valence-electron chi connectivity index (χ0n) is 11.7. The van der Waals surface area contributed by atoms with Crippen molar-refractivity contribution in [2.75, 3.05) is 26.8 Å². The molecule has 0 aromatic heterocycles. The number of carbonyl (C=O) groups excluding carboxylic acids is 1. The van der Waals surface area contributed by atoms with Gasteiger partial charge in [0.25, 0.3) is 0 Å². The van der Waals surface area contributed by atoms with Crippen molar-refractivity contribution < 1.29 is 14.6 Å². The van der Waals surface area contributed by atoms with Gasteiger partial charge in [-0.05, 0) is 31.2 Å². The SMILES string of the molecule is COCC(O)CCNC(=O)C1NCCCC1(C)C. The highest BCUT2D eigenvalue weighted by Gasteiger charge is 2.36. The zero-order chi connectivity index (χ0) is 13.6. The monoisotopic (exact) mass is 258 g/mol. The van der Waals surface area contributed by atoms with Crippen LogP contribution in [0.5, 0.6) is 0 Å². The normalized spacial score (nSPS) is 24.6. The molecule has 2 atom stereocenters. The lowest BCUT2D eigenvalue weighted by Gasteiger charge is -2.38. The van der Waals surface area contributed by atoms with Gasteiger partial charge in [0, 0.05) is 13.7 Å². The molecule has 1 amide bonds. The molecule has 0 aromatic carbocycles. The maximum atomic E-state index is 12.1. The van der Waals surface area contributed by atoms with E-state index in [4.69, 9.17) is 4.74 Å². The van der Waals surface area contributed by atoms with E-state index in [1.54, 1.807) is 7.11 Å². The highest BCUT2D eigenvalue weighted by molar-refractivity contribution is 5.82. The number of hydrogen-bond acceptors (Lipinski definition) is 4. The molecule has 5 nitrogen and oxygen atoms in total. The van der Waals surface area contributed by atoms with E-state index >= 15 is 0 Å². The molecule has 1 rings (SSSR count). The van der Waals surface area contributed by atoms with Crippen molar-refractivity contribution in [3.05, 3.63) is 0 Å². The molecule has 1 saturated heterocycles. The maximum absolute atomic E-state index is 12.1. The Bertz CT molecular complexity index is 269. The molecule has 1 aliphatic heterocycles. The number of amides is 1. The second-order valence-corrected chi connectivity index (χ2v) is 5.67. The summed E-state index contributed by atoms with van der Waals surface area (Å²) < 4.78 is 4.84. The lowest BCUT2D eigenvalue weighted by atomic mass is 9.77. The summed E-state index contributed by atoms with van der Waals surface area (Å²) in [5, 5.41) is 15.6. The zero-order valence-corrected chi connectivity index (χ0v) is 11.7. The van der Waals surface area contributed by atoms with Crippen LogP contribution in [0, 0.1) is 5.41 Å². The van der Waals surface area contributed by atoms with Gasteiger partial charge >= 0.3 is 0 Å². The van der Waals surface area contributed by atoms with Crippen molar-refractivity contribution in [1.82, 2.24) is 10.6 Å². The van der Waals surface area contributed by atoms with Crippen LogP contribution in [-0.4, -0.2) is 50.0 Å². The largest absolute Gasteiger partial charge is 0.391 e. The summed E-state index contributed by atoms with van der Waals surface area (Å²) in [7, 11) is 1.55. The van der Waals surface area contributed by atoms with E-state index < -0.39 is 6.10 Å². The van der Waals surface area contributed by atoms with E-state index in [2.05, 4.69) is 24.5 Å². The second-order valence-electron chi connectivity index (χ2n) is 5.67. The molecule has 0 aromatic rings. The van der Waals surface area contributed by atoms with Gasteiger partial charge in [-0.2, -0.15) is 0 Å². The molecule has 3 N–H and O–H groups in total. The molecule has 2 unspecified atom stereocenters. The van der Waals surface area contributed by atoms with Crippen LogP contribution in [0.25, 0.3) is 0 Å². The van der Waals surface area contributed by atoms with Crippen LogP contribution < -0.4 is 10.6 Å². The van der Waals surface area contributed by atoms with Crippen LogP contribution in [0.3, 0.4) is 0 Å². The van der Waals surface area contributed by atoms with Gasteiger partial charge in [-0.15, -0.1) is 0 Å². The Labute approximate surface area is 109 Å². The van der Waals surface area contributed by atoms with E-state index in [1.165, 1.54) is 0 Å². The Morgan fingerprint density at radius 1 is 1.61 bits per heavy atom. The highest BCUT2D eigenvalue weighted by atomic mass is 16.5. The number of rotatable bonds is 6. The quantitative estimate of drug-likeness (QED) is 0.640. The number of nitrogens with one attached hydrogen (secondary N) is 2. The topological polar surface area (TPSA) is 70.6 Å². The summed E-state index contributed by atoms with van der Waals surface area (Å²) in [6.07, 6.45) is 2.18. The standard InChI is InChI=1S/C13H26N2O3/c1-13(2)6-4-7-14-11(13)12(17)15-8-5-10(16)9-18-3/h10-11,14,16H,4-9H2,1-3H3,(H,15,17). The van der Waals surface area contributed by atoms with Crippen molar-refractivity contribution in [3.8, 4) is 0 Å². The van der Waals surface area contributed by atoms with Crippen LogP contribution in [0.2, 0.25) is 0 Å². The third-order valence-electron chi connectivity index (χ3n) is 3.53. The minimum Gasteiger partial charge on any atom is -0.391 e. The van der Waals surface area contributed by atoms with Gasteiger partial charge in [-0.3, -0.25) is 4.79 Å². The number of hydrogen-bond donors (Lipinski definition) is 3. The number of aliphatic hydroxyl groups is 1. The van der Waals surface area contributed by atoms with Gasteiger partial charge in [0.05, 0.1) is 18.8 Å². The van der Waals surface area contributed by atoms with Crippen molar-refractivity contribution >= 4 is 5.91 Å². The molecule has 0 aliphatic carbocycles. The van der Waals surface area contributed by atoms with Crippen LogP contribution in [-0.2, 0) is 9.53 Å². The molecule has 18 heavy (non-hydrogen) atoms. The van der Waals surface area contributed by atoms with Gasteiger partial charge in [-0.1, -0.05) is 13.8 Å². The third kappa shape index (κ3) is 4.55. The summed E-state index contributed by atoms with van der Waals surface area (Å²) in [6.45, 7) is 5.92. The van der Waals surface area contributed by atoms with Gasteiger partial charge in [0.15, 0.2) is 0 Å². The number of piperidine rings is 1. The Morgan fingerprint density at radius 3 is 2.94 bits per heavy atom. The number of ether oxygens (including phenoxy) is 1. The minimum atomic E-state index is -0.511. The van der Waals surface area contributed by atoms with Crippen molar-refractivity contribution in [1.29, 1.82) is 0 Å². The predicted molar refractivity (Wildman–Crippen MR) is 70.3 cm³/mol. The van der Waals surface area contributed by atoms with Gasteiger partial charge < -0.3 is 20.5 Å². The predicted octanol–water partition coefficient (Wildman–Crippen LogP) is 0.278. The molecule has 1 heterocycles. The summed E-state index contributed by atoms with van der Waals surface area (Å²) in [6, 6.07) is -0.134. The van der Waals surface area contributed by atoms with Crippen molar-refractivity contribution in [3.63, 3.8) is 0 Å². The molecule has 1 aliphatic rings. The Kier molecular flexibility index (Phi) is 6.05. The van der Waals surface area contributed by atoms with E-state index in [0.29, 0.717) is 19.6 Å². The summed E-state index contributed by atoms with van der Waals surface area (Å²) in [5.41, 5.74) is -0.00647. The first-order valence-electron chi connectivity index (χ1n) is 6.65. The lowest BCUT2D eigenvalue weighted by Crippen LogP contribution is -2.55. The van der Waals surface area contributed by atoms with Crippen molar-refractivity contribution in [2.45, 2.75) is 45.3 Å². The van der Waals surface area contributed by atoms with Gasteiger partial charge in [0.1, 0.15) is 0 Å². The fourth-order valence-electron chi connectivity index (χ4n) is 2.40. The first kappa shape index (κ1) is 15.4. The number of aliphatic hydroxyl groups excluding tert-OH is 1. The Balaban J connectivity index is 2.31. The van der Waals surface area contributed by atoms with E-state index in [9.17, 15) is 9.90 Å². The fourth-order valence-corrected chi connectivity index (χ4v) is 2.40. The first-order valence-corrected chi connectivity index (χ1v) is 6.65. The van der Waals surface area contributed by atoms with Gasteiger partial charge in [-0.25, -0.2) is 0 Å². The molecule has 1 fully saturated rings. The number of carbonyl (C=O) groups is 1. The Morgan fingerprint density at radius 2 is 2.33 bits per heavy atom. The van der Waals surface area contributed by atoms with Crippen LogP contribution in [0.15, 0.2) is 0 Å². The van der Waals surface area contributed by atoms with E-state index in [0.717, 1.165) is 19.4 Å². The molecule has 0 bridgehead atoms. The van der Waals surface area contributed by atoms with Crippen LogP contribution >= 0.6 is 0 Å². The second kappa shape index (κ2) is 7.07. The van der Waals surface area contributed by atoms with Crippen LogP contribution in [0.4, 0.5) is 0 Å².